The van der Waals surface area contributed by atoms with Gasteiger partial charge in [-0.1, -0.05) is 6.07 Å². The topological polar surface area (TPSA) is 129 Å². The second kappa shape index (κ2) is 9.72. The second-order valence-electron chi connectivity index (χ2n) is 8.28. The predicted octanol–water partition coefficient (Wildman–Crippen LogP) is 2.11. The van der Waals surface area contributed by atoms with E-state index in [4.69, 9.17) is 4.74 Å². The normalized spacial score (nSPS) is 21.4. The smallest absolute Gasteiger partial charge is 0.257 e. The lowest BCUT2D eigenvalue weighted by Gasteiger charge is -2.36. The summed E-state index contributed by atoms with van der Waals surface area (Å²) in [6.45, 7) is 2.56. The van der Waals surface area contributed by atoms with Crippen LogP contribution in [0.3, 0.4) is 0 Å². The van der Waals surface area contributed by atoms with Crippen molar-refractivity contribution in [1.82, 2.24) is 24.9 Å². The fourth-order valence-electron chi connectivity index (χ4n) is 4.18. The van der Waals surface area contributed by atoms with Crippen molar-refractivity contribution in [3.8, 4) is 0 Å². The third-order valence-corrected chi connectivity index (χ3v) is 6.13. The molecule has 11 heteroatoms. The zero-order chi connectivity index (χ0) is 24.4. The van der Waals surface area contributed by atoms with Gasteiger partial charge < -0.3 is 30.7 Å². The molecule has 3 atom stereocenters. The Kier molecular flexibility index (Phi) is 6.34. The van der Waals surface area contributed by atoms with Gasteiger partial charge in [-0.3, -0.25) is 4.79 Å². The van der Waals surface area contributed by atoms with Crippen LogP contribution in [-0.4, -0.2) is 62.6 Å². The van der Waals surface area contributed by atoms with Gasteiger partial charge in [0.2, 0.25) is 0 Å². The standard InChI is InChI=1S/C24H28N8O3/c1-3-35-18-10-9-16(18)29-23(33)15-14-27-32-21(25-2)13-19(30-22(15)32)28-17-7-6-12-31(24(17)34)20-8-4-5-11-26-20/h4-8,11-14,16,18,24-25,34H,3,9-10H2,1-2H3,(H,28,30)(H,29,33)/t16-,18-,24?/m0/s1. The fraction of sp³-hybridized carbons (Fsp3) is 0.333. The van der Waals surface area contributed by atoms with E-state index in [1.807, 2.05) is 31.2 Å². The van der Waals surface area contributed by atoms with E-state index in [-0.39, 0.29) is 18.1 Å². The summed E-state index contributed by atoms with van der Waals surface area (Å²) in [5.41, 5.74) is 1.27. The monoisotopic (exact) mass is 476 g/mol. The van der Waals surface area contributed by atoms with Gasteiger partial charge >= 0.3 is 0 Å². The third-order valence-electron chi connectivity index (χ3n) is 6.13. The highest BCUT2D eigenvalue weighted by atomic mass is 16.5. The molecule has 1 unspecified atom stereocenters. The van der Waals surface area contributed by atoms with Gasteiger partial charge in [0.1, 0.15) is 23.0 Å². The summed E-state index contributed by atoms with van der Waals surface area (Å²) in [6, 6.07) is 7.23. The number of nitrogens with zero attached hydrogens (tertiary/aromatic N) is 5. The van der Waals surface area contributed by atoms with Gasteiger partial charge in [-0.2, -0.15) is 9.61 Å². The van der Waals surface area contributed by atoms with E-state index < -0.39 is 6.23 Å². The van der Waals surface area contributed by atoms with Crippen LogP contribution < -0.4 is 20.9 Å². The highest BCUT2D eigenvalue weighted by Crippen LogP contribution is 2.26. The number of fused-ring (bicyclic) bond motifs is 1. The van der Waals surface area contributed by atoms with Gasteiger partial charge in [0.15, 0.2) is 11.9 Å². The zero-order valence-corrected chi connectivity index (χ0v) is 19.5. The first-order valence-electron chi connectivity index (χ1n) is 11.6. The first kappa shape index (κ1) is 22.8. The number of rotatable bonds is 8. The van der Waals surface area contributed by atoms with Gasteiger partial charge in [-0.05, 0) is 44.1 Å². The molecule has 2 aliphatic rings. The van der Waals surface area contributed by atoms with Crippen molar-refractivity contribution in [1.29, 1.82) is 0 Å². The molecule has 4 heterocycles. The van der Waals surface area contributed by atoms with Crippen LogP contribution in [0.1, 0.15) is 30.1 Å². The molecular weight excluding hydrogens is 448 g/mol. The van der Waals surface area contributed by atoms with Gasteiger partial charge in [-0.15, -0.1) is 0 Å². The van der Waals surface area contributed by atoms with Gasteiger partial charge in [0.25, 0.3) is 5.91 Å². The Morgan fingerprint density at radius 1 is 1.31 bits per heavy atom. The van der Waals surface area contributed by atoms with Crippen LogP contribution in [-0.2, 0) is 4.74 Å². The van der Waals surface area contributed by atoms with E-state index in [9.17, 15) is 9.90 Å². The Labute approximate surface area is 202 Å². The molecule has 0 spiro atoms. The number of hydrogen-bond acceptors (Lipinski definition) is 9. The molecule has 3 aromatic heterocycles. The maximum absolute atomic E-state index is 13.1. The molecule has 35 heavy (non-hydrogen) atoms. The lowest BCUT2D eigenvalue weighted by Crippen LogP contribution is -2.51. The lowest BCUT2D eigenvalue weighted by atomic mass is 9.89. The van der Waals surface area contributed by atoms with Crippen LogP contribution in [0.2, 0.25) is 0 Å². The SMILES string of the molecule is CCO[C@H]1CC[C@@H]1NC(=O)c1cnn2c(NC)cc(NC3=CC=CN(c4ccccn4)C3O)nc12. The van der Waals surface area contributed by atoms with E-state index in [2.05, 4.69) is 31.0 Å². The van der Waals surface area contributed by atoms with Gasteiger partial charge in [0, 0.05) is 32.1 Å². The number of anilines is 3. The number of aliphatic hydroxyl groups is 1. The van der Waals surface area contributed by atoms with Gasteiger partial charge in [0.05, 0.1) is 24.0 Å². The Hall–Kier alpha value is -3.96. The highest BCUT2D eigenvalue weighted by Gasteiger charge is 2.33. The van der Waals surface area contributed by atoms with Crippen molar-refractivity contribution in [3.63, 3.8) is 0 Å². The first-order chi connectivity index (χ1) is 17.1. The van der Waals surface area contributed by atoms with Gasteiger partial charge in [-0.25, -0.2) is 9.97 Å². The Morgan fingerprint density at radius 3 is 2.91 bits per heavy atom. The molecule has 1 aliphatic carbocycles. The van der Waals surface area contributed by atoms with Crippen LogP contribution >= 0.6 is 0 Å². The molecule has 182 valence electrons. The van der Waals surface area contributed by atoms with E-state index in [0.29, 0.717) is 41.0 Å². The Morgan fingerprint density at radius 2 is 2.20 bits per heavy atom. The van der Waals surface area contributed by atoms with Crippen LogP contribution in [0.4, 0.5) is 17.5 Å². The zero-order valence-electron chi connectivity index (χ0n) is 19.5. The van der Waals surface area contributed by atoms with Crippen molar-refractivity contribution in [3.05, 3.63) is 66.3 Å². The minimum Gasteiger partial charge on any atom is -0.376 e. The predicted molar refractivity (Wildman–Crippen MR) is 132 cm³/mol. The maximum atomic E-state index is 13.1. The largest absolute Gasteiger partial charge is 0.376 e. The first-order valence-corrected chi connectivity index (χ1v) is 11.6. The number of carbonyl (C=O) groups is 1. The number of pyridine rings is 1. The highest BCUT2D eigenvalue weighted by molar-refractivity contribution is 6.00. The van der Waals surface area contributed by atoms with Crippen LogP contribution in [0.15, 0.2) is 60.7 Å². The maximum Gasteiger partial charge on any atom is 0.257 e. The summed E-state index contributed by atoms with van der Waals surface area (Å²) in [5.74, 6) is 1.45. The number of carbonyl (C=O) groups excluding carboxylic acids is 1. The molecule has 3 aromatic rings. The molecule has 0 aromatic carbocycles. The van der Waals surface area contributed by atoms with Crippen molar-refractivity contribution in [2.24, 2.45) is 0 Å². The number of aliphatic hydroxyl groups excluding tert-OH is 1. The molecular formula is C24H28N8O3. The van der Waals surface area contributed by atoms with E-state index in [1.54, 1.807) is 41.0 Å². The summed E-state index contributed by atoms with van der Waals surface area (Å²) in [5, 5.41) is 24.6. The van der Waals surface area contributed by atoms with E-state index in [0.717, 1.165) is 12.8 Å². The second-order valence-corrected chi connectivity index (χ2v) is 8.28. The van der Waals surface area contributed by atoms with Crippen LogP contribution in [0, 0.1) is 0 Å². The molecule has 11 nitrogen and oxygen atoms in total. The third kappa shape index (κ3) is 4.43. The quantitative estimate of drug-likeness (QED) is 0.386. The fourth-order valence-corrected chi connectivity index (χ4v) is 4.18. The summed E-state index contributed by atoms with van der Waals surface area (Å²) in [4.78, 5) is 23.6. The van der Waals surface area contributed by atoms with E-state index >= 15 is 0 Å². The number of hydrogen-bond donors (Lipinski definition) is 4. The molecule has 0 bridgehead atoms. The minimum atomic E-state index is -0.993. The molecule has 1 amide bonds. The minimum absolute atomic E-state index is 0.0191. The molecule has 5 rings (SSSR count). The Bertz CT molecular complexity index is 1270. The van der Waals surface area contributed by atoms with E-state index in [1.165, 1.54) is 6.20 Å². The summed E-state index contributed by atoms with van der Waals surface area (Å²) in [7, 11) is 1.77. The average molecular weight is 477 g/mol. The molecule has 1 saturated carbocycles. The average Bonchev–Trinajstić information content (AvgIpc) is 3.30. The number of nitrogens with one attached hydrogen (secondary N) is 3. The molecule has 4 N–H and O–H groups in total. The summed E-state index contributed by atoms with van der Waals surface area (Å²) in [6.07, 6.45) is 9.37. The molecule has 1 aliphatic heterocycles. The number of ether oxygens (including phenoxy) is 1. The van der Waals surface area contributed by atoms with Crippen molar-refractivity contribution < 1.29 is 14.6 Å². The molecule has 0 radical (unpaired) electrons. The Balaban J connectivity index is 1.39. The number of allylic oxidation sites excluding steroid dienone is 2. The lowest BCUT2D eigenvalue weighted by molar-refractivity contribution is -0.0180. The van der Waals surface area contributed by atoms with Crippen molar-refractivity contribution >= 4 is 29.0 Å². The molecule has 0 saturated heterocycles. The van der Waals surface area contributed by atoms with Crippen LogP contribution in [0.25, 0.3) is 5.65 Å². The molecule has 1 fully saturated rings. The van der Waals surface area contributed by atoms with Crippen molar-refractivity contribution in [2.45, 2.75) is 38.1 Å². The van der Waals surface area contributed by atoms with Crippen LogP contribution in [0.5, 0.6) is 0 Å². The summed E-state index contributed by atoms with van der Waals surface area (Å²) >= 11 is 0. The summed E-state index contributed by atoms with van der Waals surface area (Å²) < 4.78 is 7.25. The number of amides is 1. The van der Waals surface area contributed by atoms with Crippen molar-refractivity contribution in [2.75, 3.05) is 29.2 Å². The number of aromatic nitrogens is 4.